The van der Waals surface area contributed by atoms with E-state index in [0.29, 0.717) is 17.6 Å². The van der Waals surface area contributed by atoms with Crippen molar-refractivity contribution in [3.05, 3.63) is 11.6 Å². The van der Waals surface area contributed by atoms with Gasteiger partial charge < -0.3 is 4.74 Å². The Kier molecular flexibility index (Phi) is 3.71. The molecule has 3 nitrogen and oxygen atoms in total. The number of allylic oxidation sites excluding steroid dienone is 1. The third-order valence-corrected chi connectivity index (χ3v) is 8.18. The molecule has 0 aliphatic heterocycles. The van der Waals surface area contributed by atoms with Gasteiger partial charge in [-0.25, -0.2) is 0 Å². The summed E-state index contributed by atoms with van der Waals surface area (Å²) in [4.78, 5) is 23.4. The van der Waals surface area contributed by atoms with Gasteiger partial charge in [0.2, 0.25) is 0 Å². The largest absolute Gasteiger partial charge is 0.462 e. The Labute approximate surface area is 145 Å². The topological polar surface area (TPSA) is 43.4 Å². The van der Waals surface area contributed by atoms with Gasteiger partial charge in [-0.15, -0.1) is 0 Å². The van der Waals surface area contributed by atoms with Gasteiger partial charge in [0.1, 0.15) is 6.10 Å². The molecule has 4 aliphatic carbocycles. The molecule has 0 amide bonds. The normalized spacial score (nSPS) is 47.3. The molecule has 4 aliphatic rings. The Hall–Kier alpha value is -1.12. The molecular formula is C21H30O3. The first-order valence-electron chi connectivity index (χ1n) is 9.76. The summed E-state index contributed by atoms with van der Waals surface area (Å²) in [5.41, 5.74) is 1.82. The number of carbonyl (C=O) groups is 2. The summed E-state index contributed by atoms with van der Waals surface area (Å²) in [6.45, 7) is 6.33. The van der Waals surface area contributed by atoms with Gasteiger partial charge in [-0.3, -0.25) is 9.59 Å². The van der Waals surface area contributed by atoms with Crippen molar-refractivity contribution >= 4 is 11.8 Å². The molecule has 0 spiro atoms. The molecule has 3 fully saturated rings. The fourth-order valence-electron chi connectivity index (χ4n) is 6.91. The molecule has 4 rings (SSSR count). The Bertz CT molecular complexity index is 606. The van der Waals surface area contributed by atoms with Crippen molar-refractivity contribution in [3.63, 3.8) is 0 Å². The van der Waals surface area contributed by atoms with Crippen LogP contribution in [0.4, 0.5) is 0 Å². The van der Waals surface area contributed by atoms with E-state index in [9.17, 15) is 9.59 Å². The van der Waals surface area contributed by atoms with Crippen molar-refractivity contribution in [1.29, 1.82) is 0 Å². The van der Waals surface area contributed by atoms with Crippen LogP contribution >= 0.6 is 0 Å². The molecule has 3 heteroatoms. The maximum absolute atomic E-state index is 11.9. The lowest BCUT2D eigenvalue weighted by Crippen LogP contribution is -2.51. The van der Waals surface area contributed by atoms with E-state index in [4.69, 9.17) is 4.74 Å². The van der Waals surface area contributed by atoms with Crippen molar-refractivity contribution in [2.24, 2.45) is 28.6 Å². The molecule has 0 saturated heterocycles. The number of hydrogen-bond acceptors (Lipinski definition) is 3. The molecule has 0 bridgehead atoms. The smallest absolute Gasteiger partial charge is 0.302 e. The molecular weight excluding hydrogens is 300 g/mol. The highest BCUT2D eigenvalue weighted by Crippen LogP contribution is 2.65. The third kappa shape index (κ3) is 2.23. The quantitative estimate of drug-likeness (QED) is 0.667. The van der Waals surface area contributed by atoms with Crippen LogP contribution in [0.3, 0.4) is 0 Å². The molecule has 3 saturated carbocycles. The highest BCUT2D eigenvalue weighted by molar-refractivity contribution is 5.91. The van der Waals surface area contributed by atoms with Crippen LogP contribution in [0.5, 0.6) is 0 Å². The number of ketones is 1. The molecule has 3 unspecified atom stereocenters. The molecule has 24 heavy (non-hydrogen) atoms. The second kappa shape index (κ2) is 5.44. The molecule has 0 aromatic carbocycles. The van der Waals surface area contributed by atoms with Crippen molar-refractivity contribution in [3.8, 4) is 0 Å². The van der Waals surface area contributed by atoms with Crippen LogP contribution in [0, 0.1) is 28.6 Å². The molecule has 0 aromatic rings. The third-order valence-electron chi connectivity index (χ3n) is 8.18. The molecule has 0 radical (unpaired) electrons. The Morgan fingerprint density at radius 1 is 1.08 bits per heavy atom. The van der Waals surface area contributed by atoms with E-state index < -0.39 is 0 Å². The van der Waals surface area contributed by atoms with Crippen LogP contribution in [0.1, 0.15) is 72.1 Å². The predicted octanol–water partition coefficient (Wildman–Crippen LogP) is 4.45. The van der Waals surface area contributed by atoms with Crippen LogP contribution in [-0.2, 0) is 14.3 Å². The summed E-state index contributed by atoms with van der Waals surface area (Å²) in [5.74, 6) is 2.32. The van der Waals surface area contributed by atoms with Gasteiger partial charge in [-0.1, -0.05) is 19.4 Å². The van der Waals surface area contributed by atoms with E-state index in [1.165, 1.54) is 24.8 Å². The number of hydrogen-bond donors (Lipinski definition) is 0. The average Bonchev–Trinajstić information content (AvgIpc) is 2.84. The Morgan fingerprint density at radius 3 is 2.62 bits per heavy atom. The SMILES string of the molecule is CC(=O)O[C@@H]1CCC2C3CCC4=CC(=O)CC[C@@]4(C)C3CC[C@]21C. The van der Waals surface area contributed by atoms with Gasteiger partial charge in [0.25, 0.3) is 0 Å². The van der Waals surface area contributed by atoms with Gasteiger partial charge in [-0.2, -0.15) is 0 Å². The minimum atomic E-state index is -0.129. The zero-order valence-electron chi connectivity index (χ0n) is 15.3. The minimum absolute atomic E-state index is 0.110. The second-order valence-corrected chi connectivity index (χ2v) is 9.19. The number of ether oxygens (including phenoxy) is 1. The lowest BCUT2D eigenvalue weighted by molar-refractivity contribution is -0.157. The van der Waals surface area contributed by atoms with Gasteiger partial charge in [-0.05, 0) is 74.2 Å². The summed E-state index contributed by atoms with van der Waals surface area (Å²) >= 11 is 0. The Morgan fingerprint density at radius 2 is 1.88 bits per heavy atom. The standard InChI is InChI=1S/C21H30O3/c1-13(22)24-19-7-6-17-16-5-4-14-12-15(23)8-10-20(14,2)18(16)9-11-21(17,19)3/h12,16-19H,4-11H2,1-3H3/t16?,17?,18?,19-,20-,21-/m1/s1. The van der Waals surface area contributed by atoms with E-state index in [-0.39, 0.29) is 22.9 Å². The van der Waals surface area contributed by atoms with Crippen molar-refractivity contribution < 1.29 is 14.3 Å². The predicted molar refractivity (Wildman–Crippen MR) is 92.3 cm³/mol. The first-order valence-corrected chi connectivity index (χ1v) is 9.76. The van der Waals surface area contributed by atoms with Crippen molar-refractivity contribution in [2.45, 2.75) is 78.2 Å². The summed E-state index contributed by atoms with van der Waals surface area (Å²) in [6.07, 6.45) is 10.8. The molecule has 6 atom stereocenters. The fraction of sp³-hybridized carbons (Fsp3) is 0.810. The zero-order valence-corrected chi connectivity index (χ0v) is 15.3. The lowest BCUT2D eigenvalue weighted by atomic mass is 9.47. The summed E-state index contributed by atoms with van der Waals surface area (Å²) in [6, 6.07) is 0. The second-order valence-electron chi connectivity index (χ2n) is 9.19. The fourth-order valence-corrected chi connectivity index (χ4v) is 6.91. The average molecular weight is 330 g/mol. The highest BCUT2D eigenvalue weighted by Gasteiger charge is 2.59. The van der Waals surface area contributed by atoms with Crippen molar-refractivity contribution in [2.75, 3.05) is 0 Å². The number of esters is 1. The first-order chi connectivity index (χ1) is 11.3. The monoisotopic (exact) mass is 330 g/mol. The number of carbonyl (C=O) groups excluding carboxylic acids is 2. The first kappa shape index (κ1) is 16.4. The Balaban J connectivity index is 1.62. The van der Waals surface area contributed by atoms with Gasteiger partial charge >= 0.3 is 5.97 Å². The van der Waals surface area contributed by atoms with E-state index >= 15 is 0 Å². The summed E-state index contributed by atoms with van der Waals surface area (Å²) in [7, 11) is 0. The summed E-state index contributed by atoms with van der Waals surface area (Å²) in [5, 5.41) is 0. The van der Waals surface area contributed by atoms with Gasteiger partial charge in [0.05, 0.1) is 0 Å². The number of rotatable bonds is 1. The highest BCUT2D eigenvalue weighted by atomic mass is 16.5. The van der Waals surface area contributed by atoms with Crippen LogP contribution in [0.2, 0.25) is 0 Å². The molecule has 132 valence electrons. The van der Waals surface area contributed by atoms with Crippen LogP contribution in [-0.4, -0.2) is 17.9 Å². The van der Waals surface area contributed by atoms with Gasteiger partial charge in [0, 0.05) is 18.8 Å². The number of fused-ring (bicyclic) bond motifs is 5. The van der Waals surface area contributed by atoms with E-state index in [1.54, 1.807) is 6.92 Å². The maximum atomic E-state index is 11.9. The van der Waals surface area contributed by atoms with E-state index in [0.717, 1.165) is 38.0 Å². The molecule has 0 aromatic heterocycles. The van der Waals surface area contributed by atoms with Crippen LogP contribution in [0.25, 0.3) is 0 Å². The lowest BCUT2D eigenvalue weighted by Gasteiger charge is -2.57. The van der Waals surface area contributed by atoms with E-state index in [1.807, 2.05) is 6.08 Å². The minimum Gasteiger partial charge on any atom is -0.462 e. The summed E-state index contributed by atoms with van der Waals surface area (Å²) < 4.78 is 5.71. The van der Waals surface area contributed by atoms with Crippen LogP contribution < -0.4 is 0 Å². The van der Waals surface area contributed by atoms with Crippen molar-refractivity contribution in [1.82, 2.24) is 0 Å². The molecule has 0 N–H and O–H groups in total. The van der Waals surface area contributed by atoms with Crippen LogP contribution in [0.15, 0.2) is 11.6 Å². The molecule has 0 heterocycles. The maximum Gasteiger partial charge on any atom is 0.302 e. The zero-order chi connectivity index (χ0) is 17.1. The van der Waals surface area contributed by atoms with Gasteiger partial charge in [0.15, 0.2) is 5.78 Å². The van der Waals surface area contributed by atoms with E-state index in [2.05, 4.69) is 13.8 Å².